The van der Waals surface area contributed by atoms with Crippen LogP contribution in [0.2, 0.25) is 0 Å². The van der Waals surface area contributed by atoms with E-state index in [1.807, 2.05) is 19.1 Å². The van der Waals surface area contributed by atoms with Crippen LogP contribution in [0, 0.1) is 13.8 Å². The predicted molar refractivity (Wildman–Crippen MR) is 124 cm³/mol. The van der Waals surface area contributed by atoms with Crippen molar-refractivity contribution in [3.8, 4) is 0 Å². The number of ether oxygens (including phenoxy) is 1. The van der Waals surface area contributed by atoms with Crippen molar-refractivity contribution in [2.45, 2.75) is 52.3 Å². The van der Waals surface area contributed by atoms with Crippen LogP contribution in [0.25, 0.3) is 0 Å². The van der Waals surface area contributed by atoms with Gasteiger partial charge < -0.3 is 14.5 Å². The third-order valence-corrected chi connectivity index (χ3v) is 6.98. The van der Waals surface area contributed by atoms with E-state index >= 15 is 0 Å². The largest absolute Gasteiger partial charge is 0.463 e. The molecule has 1 aromatic carbocycles. The highest BCUT2D eigenvalue weighted by Crippen LogP contribution is 2.48. The van der Waals surface area contributed by atoms with E-state index in [-0.39, 0.29) is 24.1 Å². The second-order valence-electron chi connectivity index (χ2n) is 8.50. The van der Waals surface area contributed by atoms with Crippen LogP contribution in [0.1, 0.15) is 48.9 Å². The maximum Gasteiger partial charge on any atom is 0.434 e. The fourth-order valence-corrected chi connectivity index (χ4v) is 5.39. The number of aliphatic imine (C=N–C) groups is 1. The number of allylic oxidation sites excluding steroid dienone is 1. The zero-order valence-corrected chi connectivity index (χ0v) is 20.1. The Balaban J connectivity index is 1.85. The summed E-state index contributed by atoms with van der Waals surface area (Å²) in [7, 11) is 0. The zero-order chi connectivity index (χ0) is 24.6. The van der Waals surface area contributed by atoms with Crippen LogP contribution < -0.4 is 0 Å². The second-order valence-corrected chi connectivity index (χ2v) is 9.34. The molecular weight excluding hydrogens is 467 g/mol. The van der Waals surface area contributed by atoms with E-state index in [0.717, 1.165) is 35.7 Å². The maximum atomic E-state index is 14.2. The molecule has 0 saturated carbocycles. The first-order chi connectivity index (χ1) is 16.1. The summed E-state index contributed by atoms with van der Waals surface area (Å²) in [5.41, 5.74) is 0.813. The number of carbonyl (C=O) groups is 2. The molecule has 1 unspecified atom stereocenters. The van der Waals surface area contributed by atoms with E-state index in [1.54, 1.807) is 35.1 Å². The number of alkyl halides is 3. The molecule has 3 aliphatic heterocycles. The molecule has 0 N–H and O–H groups in total. The Kier molecular flexibility index (Phi) is 6.80. The molecule has 1 amide bonds. The monoisotopic (exact) mass is 493 g/mol. The number of nitrogens with zero attached hydrogens (tertiary/aromatic N) is 3. The van der Waals surface area contributed by atoms with Gasteiger partial charge in [-0.25, -0.2) is 9.79 Å². The molecule has 3 heterocycles. The number of hydrogen-bond donors (Lipinski definition) is 0. The molecule has 182 valence electrons. The SMILES string of the molecule is CCOC(=O)C1=C(C(F)(F)F)N=C2SC=C(CC(=O)N3CCCC3)N2C1c1cc(C)ccc1C. The number of fused-ring (bicyclic) bond motifs is 1. The quantitative estimate of drug-likeness (QED) is 0.541. The number of rotatable bonds is 5. The number of benzene rings is 1. The van der Waals surface area contributed by atoms with E-state index in [9.17, 15) is 22.8 Å². The molecule has 1 fully saturated rings. The summed E-state index contributed by atoms with van der Waals surface area (Å²) in [5, 5.41) is 1.75. The molecule has 6 nitrogen and oxygen atoms in total. The van der Waals surface area contributed by atoms with Crippen molar-refractivity contribution >= 4 is 28.8 Å². The minimum absolute atomic E-state index is 0.0187. The Morgan fingerprint density at radius 1 is 1.21 bits per heavy atom. The van der Waals surface area contributed by atoms with Crippen molar-refractivity contribution in [2.24, 2.45) is 4.99 Å². The van der Waals surface area contributed by atoms with Gasteiger partial charge in [0.15, 0.2) is 10.9 Å². The number of likely N-dealkylation sites (tertiary alicyclic amines) is 1. The van der Waals surface area contributed by atoms with Gasteiger partial charge >= 0.3 is 12.1 Å². The molecule has 0 aliphatic carbocycles. The Bertz CT molecular complexity index is 1100. The van der Waals surface area contributed by atoms with Gasteiger partial charge in [0.2, 0.25) is 5.91 Å². The minimum atomic E-state index is -4.86. The third kappa shape index (κ3) is 4.60. The summed E-state index contributed by atoms with van der Waals surface area (Å²) in [6.07, 6.45) is -2.96. The lowest BCUT2D eigenvalue weighted by Gasteiger charge is -2.38. The first kappa shape index (κ1) is 24.4. The fraction of sp³-hybridized carbons (Fsp3) is 0.458. The van der Waals surface area contributed by atoms with Crippen LogP contribution in [0.15, 0.2) is 45.6 Å². The van der Waals surface area contributed by atoms with Gasteiger partial charge in [-0.05, 0) is 50.1 Å². The highest BCUT2D eigenvalue weighted by Gasteiger charge is 2.49. The number of esters is 1. The van der Waals surface area contributed by atoms with E-state index in [0.29, 0.717) is 24.4 Å². The molecule has 0 bridgehead atoms. The smallest absolute Gasteiger partial charge is 0.434 e. The van der Waals surface area contributed by atoms with E-state index in [1.165, 1.54) is 0 Å². The van der Waals surface area contributed by atoms with Crippen molar-refractivity contribution in [1.82, 2.24) is 9.80 Å². The van der Waals surface area contributed by atoms with Gasteiger partial charge in [0.05, 0.1) is 24.6 Å². The lowest BCUT2D eigenvalue weighted by molar-refractivity contribution is -0.140. The number of amides is 1. The summed E-state index contributed by atoms with van der Waals surface area (Å²) in [6, 6.07) is 4.34. The second kappa shape index (κ2) is 9.48. The van der Waals surface area contributed by atoms with Crippen molar-refractivity contribution in [1.29, 1.82) is 0 Å². The Morgan fingerprint density at radius 3 is 2.56 bits per heavy atom. The molecule has 0 radical (unpaired) electrons. The average molecular weight is 494 g/mol. The number of aryl methyl sites for hydroxylation is 2. The van der Waals surface area contributed by atoms with Crippen molar-refractivity contribution in [3.63, 3.8) is 0 Å². The highest BCUT2D eigenvalue weighted by atomic mass is 32.2. The molecule has 3 aliphatic rings. The lowest BCUT2D eigenvalue weighted by Crippen LogP contribution is -2.40. The van der Waals surface area contributed by atoms with Gasteiger partial charge in [-0.1, -0.05) is 35.5 Å². The van der Waals surface area contributed by atoms with Crippen LogP contribution in [-0.4, -0.2) is 52.7 Å². The normalized spacial score (nSPS) is 20.4. The summed E-state index contributed by atoms with van der Waals surface area (Å²) in [4.78, 5) is 33.1. The van der Waals surface area contributed by atoms with Gasteiger partial charge in [-0.2, -0.15) is 13.2 Å². The van der Waals surface area contributed by atoms with Crippen molar-refractivity contribution in [3.05, 3.63) is 57.3 Å². The maximum absolute atomic E-state index is 14.2. The summed E-state index contributed by atoms with van der Waals surface area (Å²) >= 11 is 1.03. The van der Waals surface area contributed by atoms with Crippen molar-refractivity contribution in [2.75, 3.05) is 19.7 Å². The van der Waals surface area contributed by atoms with Gasteiger partial charge in [0.1, 0.15) is 0 Å². The topological polar surface area (TPSA) is 62.2 Å². The molecule has 1 atom stereocenters. The fourth-order valence-electron chi connectivity index (χ4n) is 4.47. The molecule has 0 aromatic heterocycles. The summed E-state index contributed by atoms with van der Waals surface area (Å²) < 4.78 is 47.5. The van der Waals surface area contributed by atoms with Gasteiger partial charge in [-0.3, -0.25) is 4.79 Å². The first-order valence-electron chi connectivity index (χ1n) is 11.2. The Labute approximate surface area is 200 Å². The Hall–Kier alpha value is -2.75. The van der Waals surface area contributed by atoms with Gasteiger partial charge in [-0.15, -0.1) is 0 Å². The van der Waals surface area contributed by atoms with Crippen LogP contribution in [0.4, 0.5) is 13.2 Å². The molecule has 1 saturated heterocycles. The first-order valence-corrected chi connectivity index (χ1v) is 12.1. The van der Waals surface area contributed by atoms with Crippen LogP contribution in [0.3, 0.4) is 0 Å². The van der Waals surface area contributed by atoms with E-state index in [4.69, 9.17) is 4.74 Å². The third-order valence-electron chi connectivity index (χ3n) is 6.09. The average Bonchev–Trinajstić information content (AvgIpc) is 3.44. The lowest BCUT2D eigenvalue weighted by atomic mass is 9.89. The number of amidine groups is 1. The van der Waals surface area contributed by atoms with E-state index < -0.39 is 29.5 Å². The molecular formula is C24H26F3N3O3S. The predicted octanol–water partition coefficient (Wildman–Crippen LogP) is 5.00. The molecule has 4 rings (SSSR count). The van der Waals surface area contributed by atoms with Crippen LogP contribution in [-0.2, 0) is 14.3 Å². The Morgan fingerprint density at radius 2 is 1.91 bits per heavy atom. The number of thioether (sulfide) groups is 1. The number of carbonyl (C=O) groups excluding carboxylic acids is 2. The molecule has 34 heavy (non-hydrogen) atoms. The zero-order valence-electron chi connectivity index (χ0n) is 19.2. The summed E-state index contributed by atoms with van der Waals surface area (Å²) in [5.74, 6) is -1.15. The number of halogens is 3. The van der Waals surface area contributed by atoms with Crippen LogP contribution in [0.5, 0.6) is 0 Å². The molecule has 0 spiro atoms. The minimum Gasteiger partial charge on any atom is -0.463 e. The standard InChI is InChI=1S/C24H26F3N3O3S/c1-4-33-22(32)19-20(17-11-14(2)7-8-15(17)3)30-16(12-18(31)29-9-5-6-10-29)13-34-23(30)28-21(19)24(25,26)27/h7-8,11,13,20H,4-6,9-10,12H2,1-3H3. The highest BCUT2D eigenvalue weighted by molar-refractivity contribution is 8.16. The van der Waals surface area contributed by atoms with Crippen molar-refractivity contribution < 1.29 is 27.5 Å². The van der Waals surface area contributed by atoms with Gasteiger partial charge in [0.25, 0.3) is 0 Å². The number of hydrogen-bond acceptors (Lipinski definition) is 6. The van der Waals surface area contributed by atoms with Gasteiger partial charge in [0, 0.05) is 18.8 Å². The van der Waals surface area contributed by atoms with E-state index in [2.05, 4.69) is 4.99 Å². The molecule has 1 aromatic rings. The summed E-state index contributed by atoms with van der Waals surface area (Å²) in [6.45, 7) is 6.44. The molecule has 10 heteroatoms. The van der Waals surface area contributed by atoms with Crippen LogP contribution >= 0.6 is 11.8 Å².